The maximum Gasteiger partial charge on any atom is 0.311 e. The number of nitrogens with one attached hydrogen (secondary N) is 1. The fraction of sp³-hybridized carbons (Fsp3) is 0.281. The summed E-state index contributed by atoms with van der Waals surface area (Å²) < 4.78 is 67.0. The first kappa shape index (κ1) is 55.9. The Morgan fingerprint density at radius 2 is 1.32 bits per heavy atom. The summed E-state index contributed by atoms with van der Waals surface area (Å²) in [4.78, 5) is 81.2. The normalized spacial score (nSPS) is 17.3. The van der Waals surface area contributed by atoms with Gasteiger partial charge in [0, 0.05) is 61.8 Å². The van der Waals surface area contributed by atoms with E-state index in [0.29, 0.717) is 57.7 Å². The number of amides is 2. The van der Waals surface area contributed by atoms with Crippen LogP contribution in [0.25, 0.3) is 22.4 Å². The van der Waals surface area contributed by atoms with E-state index in [0.717, 1.165) is 11.3 Å². The van der Waals surface area contributed by atoms with Crippen LogP contribution in [0.2, 0.25) is 0 Å². The van der Waals surface area contributed by atoms with Crippen molar-refractivity contribution in [3.63, 3.8) is 0 Å². The van der Waals surface area contributed by atoms with Crippen molar-refractivity contribution in [1.29, 1.82) is 0 Å². The minimum Gasteiger partial charge on any atom is -0.462 e. The first-order valence-electron chi connectivity index (χ1n) is 26.7. The lowest BCUT2D eigenvalue weighted by molar-refractivity contribution is -0.169. The predicted octanol–water partition coefficient (Wildman–Crippen LogP) is 13.2. The molecule has 0 radical (unpaired) electrons. The summed E-state index contributed by atoms with van der Waals surface area (Å²) in [5.74, 6) is -4.63. The van der Waals surface area contributed by atoms with Gasteiger partial charge < -0.3 is 33.7 Å². The number of cyclic esters (lactones) is 1. The largest absolute Gasteiger partial charge is 0.462 e. The zero-order valence-electron chi connectivity index (χ0n) is 44.4. The molecule has 80 heavy (non-hydrogen) atoms. The molecule has 13 nitrogen and oxygen atoms in total. The number of rotatable bonds is 21. The van der Waals surface area contributed by atoms with E-state index >= 15 is 0 Å². The summed E-state index contributed by atoms with van der Waals surface area (Å²) in [6.45, 7) is 5.56. The molecule has 1 N–H and O–H groups in total. The van der Waals surface area contributed by atoms with Crippen molar-refractivity contribution < 1.29 is 60.9 Å². The Hall–Kier alpha value is -8.79. The number of nitrogens with zero attached hydrogens (tertiary/aromatic N) is 2. The molecule has 16 heteroatoms. The van der Waals surface area contributed by atoms with Gasteiger partial charge in [0.25, 0.3) is 5.91 Å². The summed E-state index contributed by atoms with van der Waals surface area (Å²) in [7, 11) is 0. The Kier molecular flexibility index (Phi) is 17.7. The van der Waals surface area contributed by atoms with Crippen molar-refractivity contribution in [1.82, 2.24) is 4.57 Å². The van der Waals surface area contributed by atoms with Crippen molar-refractivity contribution in [3.05, 3.63) is 198 Å². The van der Waals surface area contributed by atoms with E-state index in [9.17, 15) is 41.9 Å². The summed E-state index contributed by atoms with van der Waals surface area (Å²) in [5, 5.41) is 3.07. The highest BCUT2D eigenvalue weighted by Gasteiger charge is 2.49. The van der Waals surface area contributed by atoms with Gasteiger partial charge in [-0.25, -0.2) is 13.2 Å². The molecule has 0 bridgehead atoms. The van der Waals surface area contributed by atoms with E-state index < -0.39 is 71.6 Å². The molecule has 7 aromatic rings. The second kappa shape index (κ2) is 25.3. The predicted molar refractivity (Wildman–Crippen MR) is 294 cm³/mol. The molecule has 412 valence electrons. The Labute approximate surface area is 461 Å². The Balaban J connectivity index is 0.824. The topological polar surface area (TPSA) is 160 Å². The van der Waals surface area contributed by atoms with Crippen LogP contribution < -0.4 is 15.0 Å². The highest BCUT2D eigenvalue weighted by Crippen LogP contribution is 2.47. The fourth-order valence-electron chi connectivity index (χ4n) is 10.7. The molecular formula is C64H60F3N3O10. The number of halogens is 3. The maximum atomic E-state index is 14.5. The number of hydrogen-bond donors (Lipinski definition) is 1. The van der Waals surface area contributed by atoms with Crippen molar-refractivity contribution >= 4 is 47.1 Å². The highest BCUT2D eigenvalue weighted by molar-refractivity contribution is 6.12. The van der Waals surface area contributed by atoms with Gasteiger partial charge in [-0.15, -0.1) is 0 Å². The number of ether oxygens (including phenoxy) is 4. The van der Waals surface area contributed by atoms with Gasteiger partial charge in [0.1, 0.15) is 41.5 Å². The van der Waals surface area contributed by atoms with Gasteiger partial charge >= 0.3 is 23.9 Å². The average molecular weight is 1090 g/mol. The van der Waals surface area contributed by atoms with Gasteiger partial charge in [0.05, 0.1) is 29.6 Å². The van der Waals surface area contributed by atoms with Crippen molar-refractivity contribution in [2.45, 2.75) is 109 Å². The van der Waals surface area contributed by atoms with Crippen LogP contribution in [0, 0.1) is 23.4 Å². The molecule has 2 aliphatic rings. The van der Waals surface area contributed by atoms with Crippen molar-refractivity contribution in [2.75, 3.05) is 10.2 Å². The zero-order chi connectivity index (χ0) is 56.5. The average Bonchev–Trinajstić information content (AvgIpc) is 4.01. The summed E-state index contributed by atoms with van der Waals surface area (Å²) >= 11 is 0. The minimum atomic E-state index is -0.785. The molecule has 2 fully saturated rings. The Morgan fingerprint density at radius 1 is 0.713 bits per heavy atom. The number of carbonyl (C=O) groups is 6. The van der Waals surface area contributed by atoms with E-state index in [-0.39, 0.29) is 68.6 Å². The van der Waals surface area contributed by atoms with E-state index in [1.165, 1.54) is 67.6 Å². The van der Waals surface area contributed by atoms with Crippen LogP contribution in [0.1, 0.15) is 117 Å². The first-order valence-corrected chi connectivity index (χ1v) is 26.7. The van der Waals surface area contributed by atoms with Gasteiger partial charge in [0.2, 0.25) is 5.91 Å². The van der Waals surface area contributed by atoms with Gasteiger partial charge in [0.15, 0.2) is 0 Å². The highest BCUT2D eigenvalue weighted by atomic mass is 19.1. The Bertz CT molecular complexity index is 3330. The second-order valence-corrected chi connectivity index (χ2v) is 20.3. The van der Waals surface area contributed by atoms with Gasteiger partial charge in [-0.1, -0.05) is 86.6 Å². The van der Waals surface area contributed by atoms with E-state index in [1.807, 2.05) is 74.5 Å². The van der Waals surface area contributed by atoms with Crippen LogP contribution in [-0.4, -0.2) is 52.5 Å². The molecule has 3 heterocycles. The molecule has 2 amide bonds. The summed E-state index contributed by atoms with van der Waals surface area (Å²) in [6.07, 6.45) is -1.39. The zero-order valence-corrected chi connectivity index (χ0v) is 44.4. The van der Waals surface area contributed by atoms with Crippen LogP contribution in [0.4, 0.5) is 24.5 Å². The second-order valence-electron chi connectivity index (χ2n) is 20.3. The minimum absolute atomic E-state index is 0.100. The van der Waals surface area contributed by atoms with Crippen molar-refractivity contribution in [3.8, 4) is 28.1 Å². The molecule has 0 spiro atoms. The number of para-hydroxylation sites is 1. The number of hydrogen-bond acceptors (Lipinski definition) is 10. The molecule has 0 aliphatic carbocycles. The van der Waals surface area contributed by atoms with Crippen LogP contribution in [0.3, 0.4) is 0 Å². The van der Waals surface area contributed by atoms with Gasteiger partial charge in [-0.3, -0.25) is 28.8 Å². The number of carbonyl (C=O) groups excluding carboxylic acids is 6. The lowest BCUT2D eigenvalue weighted by Gasteiger charge is -2.48. The smallest absolute Gasteiger partial charge is 0.311 e. The molecule has 2 saturated heterocycles. The molecule has 2 unspecified atom stereocenters. The van der Waals surface area contributed by atoms with Gasteiger partial charge in [-0.05, 0) is 132 Å². The summed E-state index contributed by atoms with van der Waals surface area (Å²) in [6, 6.07) is 42.1. The molecule has 5 atom stereocenters. The third-order valence-electron chi connectivity index (χ3n) is 14.3. The number of aromatic nitrogens is 1. The lowest BCUT2D eigenvalue weighted by Crippen LogP contribution is -2.55. The molecular weight excluding hydrogens is 1030 g/mol. The van der Waals surface area contributed by atoms with E-state index in [4.69, 9.17) is 18.9 Å². The standard InChI is InChI=1S/C64H60F3N3O10/c1-39(2)60-59(63(75)68-48-13-8-5-9-14-48)58(42-11-6-4-7-12-42)62(44-19-25-46(66)26-20-44)69(60)36-35-51-37-52(38-57(74)79-51)80-56(73)16-10-15-55(72)78-50-31-21-43(22-32-50)61-53(64(76)70(61)49-29-27-47(67)28-30-49)33-34-54(77-40(3)71)41-17-23-45(65)24-18-41/h4-9,11-14,17-32,39,51-54,61H,10,15-16,33-38H2,1-3H3,(H,68,75)/t51?,52?,53-,54+,61-/m1/s1. The van der Waals surface area contributed by atoms with Crippen LogP contribution in [0.15, 0.2) is 158 Å². The number of benzene rings is 6. The SMILES string of the molecule is CC(=O)O[C@@H](CC[C@H]1C(=O)N(c2ccc(F)cc2)[C@@H]1c1ccc(OC(=O)CCCC(=O)OC2CC(=O)OC(CCn3c(-c4ccc(F)cc4)c(-c4ccccc4)c(C(=O)Nc4ccccc4)c3C(C)C)C2)cc1)c1ccc(F)cc1. The summed E-state index contributed by atoms with van der Waals surface area (Å²) in [5.41, 5.74) is 6.40. The quantitative estimate of drug-likeness (QED) is 0.0318. The third kappa shape index (κ3) is 13.4. The molecule has 1 aromatic heterocycles. The lowest BCUT2D eigenvalue weighted by atomic mass is 9.78. The van der Waals surface area contributed by atoms with Crippen LogP contribution >= 0.6 is 0 Å². The number of β-lactam (4-membered cyclic amide) rings is 1. The molecule has 2 aliphatic heterocycles. The van der Waals surface area contributed by atoms with Crippen molar-refractivity contribution in [2.24, 2.45) is 5.92 Å². The fourth-order valence-corrected chi connectivity index (χ4v) is 10.7. The number of esters is 4. The van der Waals surface area contributed by atoms with E-state index in [1.54, 1.807) is 41.3 Å². The number of anilines is 2. The monoisotopic (exact) mass is 1090 g/mol. The van der Waals surface area contributed by atoms with Gasteiger partial charge in [-0.2, -0.15) is 0 Å². The Morgan fingerprint density at radius 3 is 1.96 bits per heavy atom. The maximum absolute atomic E-state index is 14.5. The molecule has 6 aromatic carbocycles. The molecule has 0 saturated carbocycles. The van der Waals surface area contributed by atoms with Crippen LogP contribution in [-0.2, 0) is 44.7 Å². The molecule has 9 rings (SSSR count). The first-order chi connectivity index (χ1) is 38.6. The third-order valence-corrected chi connectivity index (χ3v) is 14.3. The van der Waals surface area contributed by atoms with Crippen LogP contribution in [0.5, 0.6) is 5.75 Å². The van der Waals surface area contributed by atoms with E-state index in [2.05, 4.69) is 9.88 Å².